The Kier molecular flexibility index (Phi) is 20.7. The van der Waals surface area contributed by atoms with E-state index in [1.54, 1.807) is 33.8 Å². The van der Waals surface area contributed by atoms with Crippen molar-refractivity contribution in [1.82, 2.24) is 21.0 Å². The van der Waals surface area contributed by atoms with Gasteiger partial charge in [0.2, 0.25) is 12.3 Å². The summed E-state index contributed by atoms with van der Waals surface area (Å²) in [5, 5.41) is 8.66. The minimum Gasteiger partial charge on any atom is -0.543 e. The Morgan fingerprint density at radius 1 is 0.887 bits per heavy atom. The van der Waals surface area contributed by atoms with Crippen LogP contribution in [0.1, 0.15) is 136 Å². The van der Waals surface area contributed by atoms with Gasteiger partial charge in [-0.25, -0.2) is 14.0 Å². The maximum Gasteiger partial charge on any atom is 0.363 e. The summed E-state index contributed by atoms with van der Waals surface area (Å²) >= 11 is 0. The molecule has 0 aliphatic rings. The molecule has 0 fully saturated rings. The molecule has 1 aromatic heterocycles. The second-order valence-corrected chi connectivity index (χ2v) is 14.7. The van der Waals surface area contributed by atoms with Crippen LogP contribution >= 0.6 is 0 Å². The monoisotopic (exact) mass is 864 g/mol. The van der Waals surface area contributed by atoms with E-state index in [0.717, 1.165) is 30.4 Å². The van der Waals surface area contributed by atoms with E-state index < -0.39 is 65.9 Å². The van der Waals surface area contributed by atoms with Crippen molar-refractivity contribution in [3.8, 4) is 17.1 Å². The number of hydrogen-bond donors (Lipinski definition) is 3. The Morgan fingerprint density at radius 2 is 1.61 bits per heavy atom. The highest BCUT2D eigenvalue weighted by Gasteiger charge is 2.34. The van der Waals surface area contributed by atoms with Gasteiger partial charge in [-0.2, -0.15) is 5.06 Å². The van der Waals surface area contributed by atoms with Crippen LogP contribution in [0.15, 0.2) is 52.9 Å². The van der Waals surface area contributed by atoms with E-state index >= 15 is 0 Å². The summed E-state index contributed by atoms with van der Waals surface area (Å²) in [5.74, 6) is -5.46. The molecule has 0 aliphatic carbocycles. The number of furan rings is 1. The van der Waals surface area contributed by atoms with E-state index in [-0.39, 0.29) is 60.6 Å². The number of hydrogen-bond acceptors (Lipinski definition) is 12. The summed E-state index contributed by atoms with van der Waals surface area (Å²) < 4.78 is 35.5. The lowest BCUT2D eigenvalue weighted by Crippen LogP contribution is -2.49. The number of amides is 4. The predicted octanol–water partition coefficient (Wildman–Crippen LogP) is 5.54. The van der Waals surface area contributed by atoms with Crippen molar-refractivity contribution in [1.29, 1.82) is 0 Å². The van der Waals surface area contributed by atoms with Crippen molar-refractivity contribution in [2.75, 3.05) is 19.9 Å². The molecular weight excluding hydrogens is 806 g/mol. The van der Waals surface area contributed by atoms with Crippen LogP contribution in [-0.4, -0.2) is 87.1 Å². The van der Waals surface area contributed by atoms with E-state index in [1.807, 2.05) is 13.8 Å². The van der Waals surface area contributed by atoms with Crippen LogP contribution in [0.4, 0.5) is 4.39 Å². The van der Waals surface area contributed by atoms with Gasteiger partial charge in [-0.3, -0.25) is 24.0 Å². The van der Waals surface area contributed by atoms with Crippen LogP contribution in [-0.2, 0) is 33.4 Å². The van der Waals surface area contributed by atoms with Crippen molar-refractivity contribution < 1.29 is 61.3 Å². The Hall–Kier alpha value is -6.20. The first-order chi connectivity index (χ1) is 29.7. The number of hydroxylamine groups is 2. The zero-order chi connectivity index (χ0) is 45.8. The van der Waals surface area contributed by atoms with Gasteiger partial charge in [-0.1, -0.05) is 66.4 Å². The van der Waals surface area contributed by atoms with Gasteiger partial charge in [0.15, 0.2) is 5.76 Å². The Morgan fingerprint density at radius 3 is 2.26 bits per heavy atom. The van der Waals surface area contributed by atoms with Gasteiger partial charge < -0.3 is 39.3 Å². The van der Waals surface area contributed by atoms with Crippen LogP contribution in [0.5, 0.6) is 5.75 Å². The molecule has 2 aromatic carbocycles. The molecule has 1 heterocycles. The van der Waals surface area contributed by atoms with Crippen LogP contribution < -0.4 is 20.7 Å². The quantitative estimate of drug-likeness (QED) is 0.0227. The van der Waals surface area contributed by atoms with Crippen LogP contribution in [0.25, 0.3) is 11.3 Å². The Labute approximate surface area is 362 Å². The number of esters is 1. The number of carbonyl (C=O) groups is 7. The van der Waals surface area contributed by atoms with E-state index in [9.17, 15) is 38.0 Å². The number of carbonyl (C=O) groups excluding carboxylic acids is 7. The predicted molar refractivity (Wildman–Crippen MR) is 228 cm³/mol. The molecule has 0 aliphatic heterocycles. The van der Waals surface area contributed by atoms with E-state index in [2.05, 4.69) is 16.0 Å². The van der Waals surface area contributed by atoms with Gasteiger partial charge in [0.1, 0.15) is 23.4 Å². The second kappa shape index (κ2) is 25.5. The minimum absolute atomic E-state index is 0.0629. The molecule has 3 aromatic rings. The van der Waals surface area contributed by atoms with Crippen molar-refractivity contribution in [3.63, 3.8) is 0 Å². The highest BCUT2D eigenvalue weighted by molar-refractivity contribution is 6.06. The standard InChI is InChI=1S/C44H58BFN4O12/c1-7-11-13-14-31(35(9-3)50(26-51)62-43(56)30-18-16-29(46)23-33(30)27(5)6)40(53)47-25-48-42(55)37-20-19-36(60-37)28-15-17-32(38(22-28)58-10-4)41(54)49-34(24-39(52)61-45)44(57)59-21-12-8-2/h15-20,22-23,26-27,31,34-35H,7-14,21,24-25,45H2,1-6H3,(H,47,53)(H,48,55)(H,49,54)/t31-,34+,35-/m1/s1. The fourth-order valence-corrected chi connectivity index (χ4v) is 6.54. The molecule has 0 radical (unpaired) electrons. The van der Waals surface area contributed by atoms with Crippen molar-refractivity contribution >= 4 is 50.1 Å². The Bertz CT molecular complexity index is 2010. The third-order valence-electron chi connectivity index (χ3n) is 9.90. The molecule has 0 saturated heterocycles. The van der Waals surface area contributed by atoms with Crippen LogP contribution in [0.2, 0.25) is 0 Å². The second-order valence-electron chi connectivity index (χ2n) is 14.7. The molecule has 0 unspecified atom stereocenters. The van der Waals surface area contributed by atoms with Crippen LogP contribution in [0, 0.1) is 11.7 Å². The van der Waals surface area contributed by atoms with Gasteiger partial charge in [0, 0.05) is 5.56 Å². The average molecular weight is 865 g/mol. The van der Waals surface area contributed by atoms with Gasteiger partial charge in [0.25, 0.3) is 17.8 Å². The first kappa shape index (κ1) is 50.2. The van der Waals surface area contributed by atoms with E-state index in [1.165, 1.54) is 44.4 Å². The summed E-state index contributed by atoms with van der Waals surface area (Å²) in [6, 6.07) is 9.01. The van der Waals surface area contributed by atoms with E-state index in [0.29, 0.717) is 36.8 Å². The topological polar surface area (TPSA) is 209 Å². The number of rotatable bonds is 26. The minimum atomic E-state index is -1.31. The number of benzene rings is 2. The Balaban J connectivity index is 1.72. The van der Waals surface area contributed by atoms with Crippen LogP contribution in [0.3, 0.4) is 0 Å². The molecule has 336 valence electrons. The molecule has 3 rings (SSSR count). The molecule has 3 atom stereocenters. The van der Waals surface area contributed by atoms with E-state index in [4.69, 9.17) is 23.4 Å². The highest BCUT2D eigenvalue weighted by atomic mass is 19.1. The summed E-state index contributed by atoms with van der Waals surface area (Å²) in [6.45, 7) is 11.0. The molecule has 62 heavy (non-hydrogen) atoms. The zero-order valence-electron chi connectivity index (χ0n) is 36.5. The third-order valence-corrected chi connectivity index (χ3v) is 9.90. The number of nitrogens with one attached hydrogen (secondary N) is 3. The number of halogens is 1. The lowest BCUT2D eigenvalue weighted by atomic mass is 9.90. The molecule has 3 N–H and O–H groups in total. The normalized spacial score (nSPS) is 12.3. The lowest BCUT2D eigenvalue weighted by Gasteiger charge is -2.32. The van der Waals surface area contributed by atoms with Crippen molar-refractivity contribution in [2.24, 2.45) is 5.92 Å². The molecular formula is C44H58BFN4O12. The zero-order valence-corrected chi connectivity index (χ0v) is 36.5. The smallest absolute Gasteiger partial charge is 0.363 e. The maximum absolute atomic E-state index is 14.0. The molecule has 0 spiro atoms. The van der Waals surface area contributed by atoms with Crippen molar-refractivity contribution in [2.45, 2.75) is 111 Å². The number of nitrogens with zero attached hydrogens (tertiary/aromatic N) is 1. The first-order valence-corrected chi connectivity index (χ1v) is 21.0. The average Bonchev–Trinajstić information content (AvgIpc) is 3.76. The van der Waals surface area contributed by atoms with Gasteiger partial charge >= 0.3 is 20.0 Å². The number of unbranched alkanes of at least 4 members (excludes halogenated alkanes) is 3. The number of ether oxygens (including phenoxy) is 2. The fraction of sp³-hybridized carbons (Fsp3) is 0.477. The summed E-state index contributed by atoms with van der Waals surface area (Å²) in [5.41, 5.74) is 1.01. The summed E-state index contributed by atoms with van der Waals surface area (Å²) in [7, 11) is 1.17. The largest absolute Gasteiger partial charge is 0.543 e. The molecule has 18 heteroatoms. The molecule has 4 amide bonds. The summed E-state index contributed by atoms with van der Waals surface area (Å²) in [4.78, 5) is 96.1. The van der Waals surface area contributed by atoms with Gasteiger partial charge in [-0.05, 0) is 80.1 Å². The molecule has 16 nitrogen and oxygen atoms in total. The lowest BCUT2D eigenvalue weighted by molar-refractivity contribution is -0.171. The highest BCUT2D eigenvalue weighted by Crippen LogP contribution is 2.30. The molecule has 0 saturated carbocycles. The third kappa shape index (κ3) is 14.5. The fourth-order valence-electron chi connectivity index (χ4n) is 6.54. The summed E-state index contributed by atoms with van der Waals surface area (Å²) in [6.07, 6.45) is 4.21. The first-order valence-electron chi connectivity index (χ1n) is 21.0. The maximum atomic E-state index is 14.0. The SMILES string of the molecule is BOC(=O)C[C@H](NC(=O)c1ccc(-c2ccc(C(=O)NCNC(=O)[C@H](CCCCC)[C@@H](CC)N(C=O)OC(=O)c3ccc(F)cc3C(C)C)o2)cc1OCC)C(=O)OCCCC. The van der Waals surface area contributed by atoms with Gasteiger partial charge in [0.05, 0.1) is 49.4 Å². The van der Waals surface area contributed by atoms with Gasteiger partial charge in [-0.15, -0.1) is 0 Å². The van der Waals surface area contributed by atoms with Crippen molar-refractivity contribution in [3.05, 3.63) is 76.8 Å². The molecule has 0 bridgehead atoms.